The van der Waals surface area contributed by atoms with E-state index < -0.39 is 23.4 Å². The molecule has 1 aromatic rings. The predicted octanol–water partition coefficient (Wildman–Crippen LogP) is 2.14. The highest BCUT2D eigenvalue weighted by molar-refractivity contribution is 6.08. The Morgan fingerprint density at radius 3 is 2.39 bits per heavy atom. The summed E-state index contributed by atoms with van der Waals surface area (Å²) in [5, 5.41) is 2.67. The van der Waals surface area contributed by atoms with Crippen LogP contribution in [0.1, 0.15) is 44.7 Å². The summed E-state index contributed by atoms with van der Waals surface area (Å²) < 4.78 is 4.80. The maximum atomic E-state index is 12.6. The number of hydrogen-bond acceptors (Lipinski definition) is 4. The van der Waals surface area contributed by atoms with Crippen LogP contribution in [-0.2, 0) is 19.9 Å². The molecule has 1 aliphatic heterocycles. The van der Waals surface area contributed by atoms with E-state index in [1.54, 1.807) is 13.8 Å². The quantitative estimate of drug-likeness (QED) is 0.666. The van der Waals surface area contributed by atoms with Gasteiger partial charge in [0, 0.05) is 0 Å². The van der Waals surface area contributed by atoms with Crippen LogP contribution in [0.25, 0.3) is 0 Å². The van der Waals surface area contributed by atoms with E-state index in [0.29, 0.717) is 11.5 Å². The Hall–Kier alpha value is -2.37. The van der Waals surface area contributed by atoms with Gasteiger partial charge in [-0.3, -0.25) is 14.5 Å². The van der Waals surface area contributed by atoms with Crippen LogP contribution in [0.4, 0.5) is 4.79 Å². The molecular formula is C17H22N2O4. The fourth-order valence-electron chi connectivity index (χ4n) is 2.57. The van der Waals surface area contributed by atoms with Gasteiger partial charge in [-0.1, -0.05) is 38.1 Å². The highest BCUT2D eigenvalue weighted by Gasteiger charge is 2.49. The minimum atomic E-state index is -1.17. The van der Waals surface area contributed by atoms with Crippen molar-refractivity contribution in [3.63, 3.8) is 0 Å². The fourth-order valence-corrected chi connectivity index (χ4v) is 2.57. The van der Waals surface area contributed by atoms with Gasteiger partial charge in [0.1, 0.15) is 12.1 Å². The second-order valence-electron chi connectivity index (χ2n) is 6.03. The molecule has 1 N–H and O–H groups in total. The summed E-state index contributed by atoms with van der Waals surface area (Å²) in [6, 6.07) is 6.97. The molecule has 23 heavy (non-hydrogen) atoms. The summed E-state index contributed by atoms with van der Waals surface area (Å²) in [4.78, 5) is 37.2. The highest BCUT2D eigenvalue weighted by atomic mass is 16.5. The molecule has 6 heteroatoms. The van der Waals surface area contributed by atoms with Crippen LogP contribution in [-0.4, -0.2) is 36.0 Å². The molecule has 0 bridgehead atoms. The first kappa shape index (κ1) is 17.0. The van der Waals surface area contributed by atoms with Gasteiger partial charge in [0.15, 0.2) is 0 Å². The van der Waals surface area contributed by atoms with Crippen molar-refractivity contribution < 1.29 is 19.1 Å². The highest BCUT2D eigenvalue weighted by Crippen LogP contribution is 2.29. The standard InChI is InChI=1S/C17H22N2O4/c1-5-23-14(20)10-19-15(21)17(4,18-16(19)22)13-8-6-12(7-9-13)11(2)3/h6-9,11H,5,10H2,1-4H3,(H,18,22). The molecule has 1 atom stereocenters. The van der Waals surface area contributed by atoms with Crippen molar-refractivity contribution in [2.75, 3.05) is 13.2 Å². The van der Waals surface area contributed by atoms with E-state index in [1.807, 2.05) is 24.3 Å². The van der Waals surface area contributed by atoms with Crippen molar-refractivity contribution in [1.29, 1.82) is 0 Å². The summed E-state index contributed by atoms with van der Waals surface area (Å²) in [6.45, 7) is 7.31. The van der Waals surface area contributed by atoms with Gasteiger partial charge in [0.25, 0.3) is 5.91 Å². The Morgan fingerprint density at radius 1 is 1.26 bits per heavy atom. The molecular weight excluding hydrogens is 296 g/mol. The van der Waals surface area contributed by atoms with Gasteiger partial charge in [0.2, 0.25) is 0 Å². The van der Waals surface area contributed by atoms with E-state index in [4.69, 9.17) is 4.74 Å². The summed E-state index contributed by atoms with van der Waals surface area (Å²) in [6.07, 6.45) is 0. The third-order valence-electron chi connectivity index (χ3n) is 4.02. The predicted molar refractivity (Wildman–Crippen MR) is 84.8 cm³/mol. The SMILES string of the molecule is CCOC(=O)CN1C(=O)NC(C)(c2ccc(C(C)C)cc2)C1=O. The van der Waals surface area contributed by atoms with E-state index in [2.05, 4.69) is 19.2 Å². The van der Waals surface area contributed by atoms with Gasteiger partial charge in [-0.15, -0.1) is 0 Å². The molecule has 1 aromatic carbocycles. The molecule has 6 nitrogen and oxygen atoms in total. The minimum absolute atomic E-state index is 0.205. The first-order valence-corrected chi connectivity index (χ1v) is 7.69. The van der Waals surface area contributed by atoms with Gasteiger partial charge in [-0.25, -0.2) is 4.79 Å². The van der Waals surface area contributed by atoms with Gasteiger partial charge in [-0.05, 0) is 30.9 Å². The second kappa shape index (κ2) is 6.40. The Balaban J connectivity index is 2.23. The molecule has 0 radical (unpaired) electrons. The monoisotopic (exact) mass is 318 g/mol. The van der Waals surface area contributed by atoms with Crippen LogP contribution in [0.2, 0.25) is 0 Å². The minimum Gasteiger partial charge on any atom is -0.465 e. The first-order chi connectivity index (χ1) is 10.8. The van der Waals surface area contributed by atoms with Crippen molar-refractivity contribution in [1.82, 2.24) is 10.2 Å². The molecule has 1 unspecified atom stereocenters. The number of carbonyl (C=O) groups excluding carboxylic acids is 3. The normalized spacial score (nSPS) is 20.8. The number of imide groups is 1. The summed E-state index contributed by atoms with van der Waals surface area (Å²) in [7, 11) is 0. The van der Waals surface area contributed by atoms with Gasteiger partial charge < -0.3 is 10.1 Å². The van der Waals surface area contributed by atoms with Gasteiger partial charge >= 0.3 is 12.0 Å². The molecule has 0 spiro atoms. The zero-order valence-corrected chi connectivity index (χ0v) is 13.9. The van der Waals surface area contributed by atoms with Crippen LogP contribution < -0.4 is 5.32 Å². The molecule has 124 valence electrons. The molecule has 1 fully saturated rings. The number of benzene rings is 1. The molecule has 1 aliphatic rings. The molecule has 3 amide bonds. The number of esters is 1. The van der Waals surface area contributed by atoms with E-state index >= 15 is 0 Å². The number of ether oxygens (including phenoxy) is 1. The molecule has 1 saturated heterocycles. The third-order valence-corrected chi connectivity index (χ3v) is 4.02. The van der Waals surface area contributed by atoms with Crippen molar-refractivity contribution in [2.45, 2.75) is 39.2 Å². The van der Waals surface area contributed by atoms with Crippen LogP contribution in [0.15, 0.2) is 24.3 Å². The van der Waals surface area contributed by atoms with E-state index in [-0.39, 0.29) is 13.2 Å². The zero-order valence-electron chi connectivity index (χ0n) is 13.9. The summed E-state index contributed by atoms with van der Waals surface area (Å²) in [5.41, 5.74) is 0.670. The van der Waals surface area contributed by atoms with Crippen LogP contribution in [0.3, 0.4) is 0 Å². The lowest BCUT2D eigenvalue weighted by molar-refractivity contribution is -0.147. The maximum Gasteiger partial charge on any atom is 0.326 e. The lowest BCUT2D eigenvalue weighted by Gasteiger charge is -2.22. The second-order valence-corrected chi connectivity index (χ2v) is 6.03. The molecule has 2 rings (SSSR count). The van der Waals surface area contributed by atoms with Crippen molar-refractivity contribution in [2.24, 2.45) is 0 Å². The van der Waals surface area contributed by atoms with Crippen LogP contribution in [0, 0.1) is 0 Å². The largest absolute Gasteiger partial charge is 0.465 e. The van der Waals surface area contributed by atoms with Gasteiger partial charge in [0.05, 0.1) is 6.61 Å². The Kier molecular flexibility index (Phi) is 4.73. The number of carbonyl (C=O) groups is 3. The lowest BCUT2D eigenvalue weighted by atomic mass is 9.90. The summed E-state index contributed by atoms with van der Waals surface area (Å²) >= 11 is 0. The van der Waals surface area contributed by atoms with Crippen molar-refractivity contribution in [3.05, 3.63) is 35.4 Å². The fraction of sp³-hybridized carbons (Fsp3) is 0.471. The Morgan fingerprint density at radius 2 is 1.87 bits per heavy atom. The average molecular weight is 318 g/mol. The van der Waals surface area contributed by atoms with Gasteiger partial charge in [-0.2, -0.15) is 0 Å². The molecule has 1 heterocycles. The first-order valence-electron chi connectivity index (χ1n) is 7.69. The number of nitrogens with one attached hydrogen (secondary N) is 1. The summed E-state index contributed by atoms with van der Waals surface area (Å²) in [5.74, 6) is -0.672. The van der Waals surface area contributed by atoms with E-state index in [0.717, 1.165) is 10.5 Å². The molecule has 0 saturated carbocycles. The van der Waals surface area contributed by atoms with Crippen LogP contribution >= 0.6 is 0 Å². The smallest absolute Gasteiger partial charge is 0.326 e. The number of hydrogen-bond donors (Lipinski definition) is 1. The van der Waals surface area contributed by atoms with Crippen molar-refractivity contribution in [3.8, 4) is 0 Å². The molecule has 0 aliphatic carbocycles. The van der Waals surface area contributed by atoms with Crippen LogP contribution in [0.5, 0.6) is 0 Å². The van der Waals surface area contributed by atoms with E-state index in [9.17, 15) is 14.4 Å². The average Bonchev–Trinajstić information content (AvgIpc) is 2.72. The molecule has 0 aromatic heterocycles. The Bertz CT molecular complexity index is 624. The van der Waals surface area contributed by atoms with E-state index in [1.165, 1.54) is 0 Å². The number of urea groups is 1. The number of amides is 3. The topological polar surface area (TPSA) is 75.7 Å². The third kappa shape index (κ3) is 3.21. The van der Waals surface area contributed by atoms with Crippen molar-refractivity contribution >= 4 is 17.9 Å². The number of rotatable bonds is 5. The lowest BCUT2D eigenvalue weighted by Crippen LogP contribution is -2.41. The maximum absolute atomic E-state index is 12.6. The Labute approximate surface area is 135 Å². The zero-order chi connectivity index (χ0) is 17.2. The number of nitrogens with zero attached hydrogens (tertiary/aromatic N) is 1.